The van der Waals surface area contributed by atoms with Crippen molar-refractivity contribution in [1.29, 1.82) is 0 Å². The van der Waals surface area contributed by atoms with Crippen LogP contribution in [0.3, 0.4) is 0 Å². The molecule has 1 atom stereocenters. The monoisotopic (exact) mass is 307 g/mol. The summed E-state index contributed by atoms with van der Waals surface area (Å²) in [5.74, 6) is 7.47. The SMILES string of the molecule is CCc1cc2c(NC(C)C(CC)CC)nc(NN)nc2s1. The molecule has 0 aliphatic rings. The Bertz CT molecular complexity index is 591. The average molecular weight is 307 g/mol. The third-order valence-corrected chi connectivity index (χ3v) is 5.21. The van der Waals surface area contributed by atoms with Crippen molar-refractivity contribution in [3.63, 3.8) is 0 Å². The Morgan fingerprint density at radius 3 is 2.52 bits per heavy atom. The van der Waals surface area contributed by atoms with Crippen LogP contribution in [-0.2, 0) is 6.42 Å². The molecule has 0 saturated carbocycles. The zero-order valence-electron chi connectivity index (χ0n) is 13.2. The normalized spacial score (nSPS) is 12.9. The maximum atomic E-state index is 5.49. The summed E-state index contributed by atoms with van der Waals surface area (Å²) >= 11 is 1.70. The first-order chi connectivity index (χ1) is 10.1. The van der Waals surface area contributed by atoms with Gasteiger partial charge in [0.25, 0.3) is 0 Å². The first-order valence-electron chi connectivity index (χ1n) is 7.66. The highest BCUT2D eigenvalue weighted by molar-refractivity contribution is 7.18. The molecule has 0 saturated heterocycles. The Balaban J connectivity index is 2.38. The summed E-state index contributed by atoms with van der Waals surface area (Å²) in [7, 11) is 0. The molecule has 0 radical (unpaired) electrons. The van der Waals surface area contributed by atoms with Crippen LogP contribution >= 0.6 is 11.3 Å². The lowest BCUT2D eigenvalue weighted by Gasteiger charge is -2.23. The molecule has 0 amide bonds. The van der Waals surface area contributed by atoms with Crippen LogP contribution in [0.4, 0.5) is 11.8 Å². The minimum absolute atomic E-state index is 0.369. The Labute approximate surface area is 130 Å². The third kappa shape index (κ3) is 3.44. The van der Waals surface area contributed by atoms with Gasteiger partial charge < -0.3 is 5.32 Å². The fourth-order valence-corrected chi connectivity index (χ4v) is 3.62. The zero-order valence-corrected chi connectivity index (χ0v) is 14.0. The van der Waals surface area contributed by atoms with Gasteiger partial charge in [0.15, 0.2) is 0 Å². The summed E-state index contributed by atoms with van der Waals surface area (Å²) in [5, 5.41) is 4.65. The maximum Gasteiger partial charge on any atom is 0.240 e. The van der Waals surface area contributed by atoms with Crippen LogP contribution in [-0.4, -0.2) is 16.0 Å². The van der Waals surface area contributed by atoms with E-state index in [1.807, 2.05) is 0 Å². The topological polar surface area (TPSA) is 75.9 Å². The number of anilines is 2. The Kier molecular flexibility index (Phi) is 5.36. The molecule has 21 heavy (non-hydrogen) atoms. The molecule has 2 aromatic rings. The number of nitrogen functional groups attached to an aromatic ring is 1. The van der Waals surface area contributed by atoms with E-state index in [9.17, 15) is 0 Å². The van der Waals surface area contributed by atoms with Crippen molar-refractivity contribution in [3.8, 4) is 0 Å². The second-order valence-corrected chi connectivity index (χ2v) is 6.45. The van der Waals surface area contributed by atoms with Gasteiger partial charge in [-0.2, -0.15) is 4.98 Å². The van der Waals surface area contributed by atoms with E-state index in [4.69, 9.17) is 5.84 Å². The molecule has 0 aromatic carbocycles. The predicted molar refractivity (Wildman–Crippen MR) is 91.8 cm³/mol. The summed E-state index contributed by atoms with van der Waals surface area (Å²) in [6.07, 6.45) is 3.32. The van der Waals surface area contributed by atoms with Crippen LogP contribution in [0, 0.1) is 5.92 Å². The minimum atomic E-state index is 0.369. The van der Waals surface area contributed by atoms with Crippen LogP contribution in [0.2, 0.25) is 0 Å². The molecule has 1 unspecified atom stereocenters. The number of nitrogens with two attached hydrogens (primary N) is 1. The molecule has 0 aliphatic heterocycles. The largest absolute Gasteiger partial charge is 0.367 e. The number of hydrogen-bond acceptors (Lipinski definition) is 6. The van der Waals surface area contributed by atoms with Gasteiger partial charge in [-0.05, 0) is 25.3 Å². The van der Waals surface area contributed by atoms with E-state index in [1.54, 1.807) is 11.3 Å². The lowest BCUT2D eigenvalue weighted by molar-refractivity contribution is 0.437. The number of nitrogens with one attached hydrogen (secondary N) is 2. The third-order valence-electron chi connectivity index (χ3n) is 4.04. The average Bonchev–Trinajstić information content (AvgIpc) is 2.91. The molecule has 0 spiro atoms. The fraction of sp³-hybridized carbons (Fsp3) is 0.600. The lowest BCUT2D eigenvalue weighted by atomic mass is 9.95. The molecule has 0 aliphatic carbocycles. The summed E-state index contributed by atoms with van der Waals surface area (Å²) in [6, 6.07) is 2.55. The highest BCUT2D eigenvalue weighted by Crippen LogP contribution is 2.31. The van der Waals surface area contributed by atoms with E-state index in [1.165, 1.54) is 4.88 Å². The molecule has 2 aromatic heterocycles. The number of aromatic nitrogens is 2. The molecule has 2 heterocycles. The van der Waals surface area contributed by atoms with Crippen LogP contribution in [0.15, 0.2) is 6.07 Å². The van der Waals surface area contributed by atoms with Gasteiger partial charge in [0.1, 0.15) is 10.6 Å². The van der Waals surface area contributed by atoms with E-state index in [-0.39, 0.29) is 0 Å². The number of aryl methyl sites for hydroxylation is 1. The van der Waals surface area contributed by atoms with Crippen molar-refractivity contribution in [1.82, 2.24) is 9.97 Å². The number of hydrazine groups is 1. The molecule has 0 bridgehead atoms. The molecular formula is C15H25N5S. The van der Waals surface area contributed by atoms with Gasteiger partial charge >= 0.3 is 0 Å². The van der Waals surface area contributed by atoms with Crippen molar-refractivity contribution >= 4 is 33.3 Å². The highest BCUT2D eigenvalue weighted by Gasteiger charge is 2.17. The molecule has 6 heteroatoms. The van der Waals surface area contributed by atoms with Crippen LogP contribution in [0.1, 0.15) is 45.4 Å². The summed E-state index contributed by atoms with van der Waals surface area (Å²) in [6.45, 7) is 8.83. The molecule has 5 nitrogen and oxygen atoms in total. The van der Waals surface area contributed by atoms with Crippen molar-refractivity contribution in [2.45, 2.75) is 53.0 Å². The Morgan fingerprint density at radius 1 is 1.24 bits per heavy atom. The van der Waals surface area contributed by atoms with Gasteiger partial charge in [0, 0.05) is 10.9 Å². The van der Waals surface area contributed by atoms with Crippen molar-refractivity contribution in [3.05, 3.63) is 10.9 Å². The number of nitrogens with zero attached hydrogens (tertiary/aromatic N) is 2. The van der Waals surface area contributed by atoms with E-state index >= 15 is 0 Å². The van der Waals surface area contributed by atoms with Crippen LogP contribution < -0.4 is 16.6 Å². The van der Waals surface area contributed by atoms with Crippen LogP contribution in [0.25, 0.3) is 10.2 Å². The molecular weight excluding hydrogens is 282 g/mol. The van der Waals surface area contributed by atoms with E-state index < -0.39 is 0 Å². The Morgan fingerprint density at radius 2 is 1.95 bits per heavy atom. The number of rotatable bonds is 7. The Hall–Kier alpha value is -1.40. The van der Waals surface area contributed by atoms with Crippen molar-refractivity contribution in [2.75, 3.05) is 10.7 Å². The number of hydrogen-bond donors (Lipinski definition) is 3. The van der Waals surface area contributed by atoms with Gasteiger partial charge in [0.05, 0.1) is 5.39 Å². The highest BCUT2D eigenvalue weighted by atomic mass is 32.1. The van der Waals surface area contributed by atoms with Crippen LogP contribution in [0.5, 0.6) is 0 Å². The van der Waals surface area contributed by atoms with Crippen molar-refractivity contribution in [2.24, 2.45) is 11.8 Å². The molecule has 0 fully saturated rings. The van der Waals surface area contributed by atoms with Gasteiger partial charge in [-0.25, -0.2) is 10.8 Å². The lowest BCUT2D eigenvalue weighted by Crippen LogP contribution is -2.26. The van der Waals surface area contributed by atoms with E-state index in [0.29, 0.717) is 17.9 Å². The second-order valence-electron chi connectivity index (χ2n) is 5.33. The minimum Gasteiger partial charge on any atom is -0.367 e. The van der Waals surface area contributed by atoms with Gasteiger partial charge in [0.2, 0.25) is 5.95 Å². The second kappa shape index (κ2) is 7.04. The number of thiophene rings is 1. The predicted octanol–water partition coefficient (Wildman–Crippen LogP) is 3.78. The van der Waals surface area contributed by atoms with Crippen molar-refractivity contribution < 1.29 is 0 Å². The smallest absolute Gasteiger partial charge is 0.240 e. The molecule has 2 rings (SSSR count). The van der Waals surface area contributed by atoms with E-state index in [2.05, 4.69) is 54.5 Å². The van der Waals surface area contributed by atoms with E-state index in [0.717, 1.165) is 35.3 Å². The summed E-state index contributed by atoms with van der Waals surface area (Å²) < 4.78 is 0. The standard InChI is InChI=1S/C15H25N5S/c1-5-10(6-2)9(4)17-13-12-8-11(7-3)21-14(12)19-15(18-13)20-16/h8-10H,5-7,16H2,1-4H3,(H2,17,18,19,20). The van der Waals surface area contributed by atoms with Gasteiger partial charge in [-0.3, -0.25) is 5.43 Å². The summed E-state index contributed by atoms with van der Waals surface area (Å²) in [4.78, 5) is 11.2. The molecule has 116 valence electrons. The fourth-order valence-electron chi connectivity index (χ4n) is 2.65. The first kappa shape index (κ1) is 16.0. The number of fused-ring (bicyclic) bond motifs is 1. The van der Waals surface area contributed by atoms with Gasteiger partial charge in [-0.1, -0.05) is 33.6 Å². The maximum absolute atomic E-state index is 5.49. The summed E-state index contributed by atoms with van der Waals surface area (Å²) in [5.41, 5.74) is 2.56. The van der Waals surface area contributed by atoms with Gasteiger partial charge in [-0.15, -0.1) is 11.3 Å². The quantitative estimate of drug-likeness (QED) is 0.536. The first-order valence-corrected chi connectivity index (χ1v) is 8.48. The zero-order chi connectivity index (χ0) is 15.4. The molecule has 4 N–H and O–H groups in total.